The number of likely N-dealkylation sites (N-methyl/N-ethyl adjacent to an activating group) is 2. The summed E-state index contributed by atoms with van der Waals surface area (Å²) in [5.41, 5.74) is 1.87. The van der Waals surface area contributed by atoms with Crippen molar-refractivity contribution in [3.63, 3.8) is 0 Å². The Balaban J connectivity index is 1.43. The highest BCUT2D eigenvalue weighted by Crippen LogP contribution is 2.36. The predicted molar refractivity (Wildman–Crippen MR) is 96.4 cm³/mol. The van der Waals surface area contributed by atoms with Crippen molar-refractivity contribution in [2.75, 3.05) is 27.2 Å². The van der Waals surface area contributed by atoms with Gasteiger partial charge in [-0.3, -0.25) is 14.5 Å². The van der Waals surface area contributed by atoms with E-state index >= 15 is 0 Å². The van der Waals surface area contributed by atoms with E-state index in [9.17, 15) is 14.4 Å². The Kier molecular flexibility index (Phi) is 4.01. The van der Waals surface area contributed by atoms with Gasteiger partial charge in [0.15, 0.2) is 0 Å². The van der Waals surface area contributed by atoms with Crippen molar-refractivity contribution in [2.24, 2.45) is 5.92 Å². The molecule has 0 saturated carbocycles. The molecule has 1 aromatic carbocycles. The molecule has 2 saturated heterocycles. The molecule has 6 nitrogen and oxygen atoms in total. The van der Waals surface area contributed by atoms with E-state index in [1.54, 1.807) is 11.9 Å². The summed E-state index contributed by atoms with van der Waals surface area (Å²) in [5.74, 6) is 0.0890. The van der Waals surface area contributed by atoms with E-state index in [-0.39, 0.29) is 23.8 Å². The highest BCUT2D eigenvalue weighted by Gasteiger charge is 2.55. The first-order chi connectivity index (χ1) is 12.4. The van der Waals surface area contributed by atoms with Crippen LogP contribution in [0.1, 0.15) is 30.4 Å². The molecule has 2 fully saturated rings. The number of imide groups is 1. The van der Waals surface area contributed by atoms with Crippen molar-refractivity contribution in [3.05, 3.63) is 35.4 Å². The van der Waals surface area contributed by atoms with E-state index in [2.05, 4.69) is 18.2 Å². The maximum absolute atomic E-state index is 13.0. The minimum atomic E-state index is -0.762. The zero-order valence-electron chi connectivity index (χ0n) is 15.4. The molecule has 3 aliphatic rings. The van der Waals surface area contributed by atoms with E-state index < -0.39 is 5.54 Å². The first-order valence-electron chi connectivity index (χ1n) is 9.35. The van der Waals surface area contributed by atoms with Crippen molar-refractivity contribution in [2.45, 2.75) is 37.6 Å². The van der Waals surface area contributed by atoms with Gasteiger partial charge >= 0.3 is 6.03 Å². The SMILES string of the molecule is CN1C(=O)N(C)C2(CCN(C(=O)[C@H]3CCc4ccccc4C3)CC2)C1=O. The van der Waals surface area contributed by atoms with Crippen LogP contribution in [0.5, 0.6) is 0 Å². The third-order valence-corrected chi connectivity index (χ3v) is 6.52. The Labute approximate surface area is 153 Å². The highest BCUT2D eigenvalue weighted by molar-refractivity contribution is 6.06. The second-order valence-corrected chi connectivity index (χ2v) is 7.77. The third kappa shape index (κ3) is 2.42. The molecule has 4 amide bonds. The fraction of sp³-hybridized carbons (Fsp3) is 0.550. The lowest BCUT2D eigenvalue weighted by Gasteiger charge is -2.42. The Morgan fingerprint density at radius 2 is 1.73 bits per heavy atom. The minimum absolute atomic E-state index is 0.0280. The molecule has 6 heteroatoms. The number of aryl methyl sites for hydroxylation is 1. The van der Waals surface area contributed by atoms with Crippen molar-refractivity contribution >= 4 is 17.8 Å². The van der Waals surface area contributed by atoms with Crippen LogP contribution in [0.15, 0.2) is 24.3 Å². The lowest BCUT2D eigenvalue weighted by Crippen LogP contribution is -2.57. The Bertz CT molecular complexity index is 767. The summed E-state index contributed by atoms with van der Waals surface area (Å²) in [7, 11) is 3.23. The molecule has 0 unspecified atom stereocenters. The average Bonchev–Trinajstić information content (AvgIpc) is 2.84. The van der Waals surface area contributed by atoms with Gasteiger partial charge in [-0.25, -0.2) is 4.79 Å². The van der Waals surface area contributed by atoms with Crippen LogP contribution in [0.4, 0.5) is 4.79 Å². The van der Waals surface area contributed by atoms with Crippen molar-refractivity contribution in [1.82, 2.24) is 14.7 Å². The van der Waals surface area contributed by atoms with Crippen LogP contribution in [0.3, 0.4) is 0 Å². The first-order valence-corrected chi connectivity index (χ1v) is 9.35. The zero-order valence-corrected chi connectivity index (χ0v) is 15.4. The van der Waals surface area contributed by atoms with Crippen molar-refractivity contribution in [1.29, 1.82) is 0 Å². The number of likely N-dealkylation sites (tertiary alicyclic amines) is 1. The molecule has 1 aromatic rings. The standard InChI is InChI=1S/C20H25N3O3/c1-21-18(25)20(22(2)19(21)26)9-11-23(12-10-20)17(24)16-8-7-14-5-3-4-6-15(14)13-16/h3-6,16H,7-13H2,1-2H3/t16-/m0/s1. The Morgan fingerprint density at radius 3 is 2.35 bits per heavy atom. The summed E-state index contributed by atoms with van der Waals surface area (Å²) in [6, 6.07) is 8.10. The Hall–Kier alpha value is -2.37. The van der Waals surface area contributed by atoms with Gasteiger partial charge in [-0.15, -0.1) is 0 Å². The summed E-state index contributed by atoms with van der Waals surface area (Å²) in [5, 5.41) is 0. The molecule has 1 aliphatic carbocycles. The molecule has 138 valence electrons. The molecular weight excluding hydrogens is 330 g/mol. The van der Waals surface area contributed by atoms with E-state index in [0.29, 0.717) is 25.9 Å². The normalized spacial score (nSPS) is 25.0. The van der Waals surface area contributed by atoms with Gasteiger partial charge in [0.05, 0.1) is 0 Å². The average molecular weight is 355 g/mol. The van der Waals surface area contributed by atoms with Crippen LogP contribution in [0, 0.1) is 5.92 Å². The summed E-state index contributed by atoms with van der Waals surface area (Å²) < 4.78 is 0. The van der Waals surface area contributed by atoms with Gasteiger partial charge in [-0.2, -0.15) is 0 Å². The van der Waals surface area contributed by atoms with Gasteiger partial charge in [-0.1, -0.05) is 24.3 Å². The largest absolute Gasteiger partial charge is 0.342 e. The molecule has 0 N–H and O–H groups in total. The van der Waals surface area contributed by atoms with Gasteiger partial charge in [0.1, 0.15) is 5.54 Å². The van der Waals surface area contributed by atoms with Gasteiger partial charge in [-0.05, 0) is 43.2 Å². The van der Waals surface area contributed by atoms with E-state index in [0.717, 1.165) is 19.3 Å². The van der Waals surface area contributed by atoms with Crippen molar-refractivity contribution in [3.8, 4) is 0 Å². The summed E-state index contributed by atoms with van der Waals surface area (Å²) in [4.78, 5) is 42.4. The van der Waals surface area contributed by atoms with Crippen LogP contribution in [0.2, 0.25) is 0 Å². The maximum Gasteiger partial charge on any atom is 0.327 e. The van der Waals surface area contributed by atoms with Crippen LogP contribution >= 0.6 is 0 Å². The van der Waals surface area contributed by atoms with Gasteiger partial charge in [0.2, 0.25) is 5.91 Å². The second-order valence-electron chi connectivity index (χ2n) is 7.77. The predicted octanol–water partition coefficient (Wildman–Crippen LogP) is 1.68. The number of carbonyl (C=O) groups is 3. The fourth-order valence-corrected chi connectivity index (χ4v) is 4.76. The molecule has 2 heterocycles. The monoisotopic (exact) mass is 355 g/mol. The maximum atomic E-state index is 13.0. The summed E-state index contributed by atoms with van der Waals surface area (Å²) >= 11 is 0. The number of carbonyl (C=O) groups excluding carboxylic acids is 3. The number of hydrogen-bond donors (Lipinski definition) is 0. The summed E-state index contributed by atoms with van der Waals surface area (Å²) in [6.45, 7) is 1.07. The Morgan fingerprint density at radius 1 is 1.08 bits per heavy atom. The fourth-order valence-electron chi connectivity index (χ4n) is 4.76. The zero-order chi connectivity index (χ0) is 18.5. The van der Waals surface area contributed by atoms with E-state index in [1.807, 2.05) is 11.0 Å². The highest BCUT2D eigenvalue weighted by atomic mass is 16.2. The quantitative estimate of drug-likeness (QED) is 0.720. The van der Waals surface area contributed by atoms with Gasteiger partial charge < -0.3 is 9.80 Å². The lowest BCUT2D eigenvalue weighted by atomic mass is 9.81. The number of piperidine rings is 1. The number of hydrogen-bond acceptors (Lipinski definition) is 3. The van der Waals surface area contributed by atoms with E-state index in [4.69, 9.17) is 0 Å². The molecule has 26 heavy (non-hydrogen) atoms. The molecule has 1 spiro atoms. The number of urea groups is 1. The van der Waals surface area contributed by atoms with Gasteiger partial charge in [0.25, 0.3) is 5.91 Å². The second kappa shape index (κ2) is 6.11. The molecule has 4 rings (SSSR count). The smallest absolute Gasteiger partial charge is 0.327 e. The third-order valence-electron chi connectivity index (χ3n) is 6.52. The molecular formula is C20H25N3O3. The number of amides is 4. The first kappa shape index (κ1) is 17.1. The van der Waals surface area contributed by atoms with Crippen LogP contribution in [0.25, 0.3) is 0 Å². The van der Waals surface area contributed by atoms with Gasteiger partial charge in [0, 0.05) is 33.1 Å². The van der Waals surface area contributed by atoms with E-state index in [1.165, 1.54) is 23.1 Å². The summed E-state index contributed by atoms with van der Waals surface area (Å²) in [6.07, 6.45) is 3.68. The van der Waals surface area contributed by atoms with Crippen LogP contribution < -0.4 is 0 Å². The lowest BCUT2D eigenvalue weighted by molar-refractivity contribution is -0.142. The number of rotatable bonds is 1. The number of benzene rings is 1. The molecule has 0 radical (unpaired) electrons. The minimum Gasteiger partial charge on any atom is -0.342 e. The molecule has 1 atom stereocenters. The van der Waals surface area contributed by atoms with Crippen LogP contribution in [-0.4, -0.2) is 65.3 Å². The van der Waals surface area contributed by atoms with Crippen LogP contribution in [-0.2, 0) is 22.4 Å². The molecule has 2 aliphatic heterocycles. The number of fused-ring (bicyclic) bond motifs is 1. The molecule has 0 aromatic heterocycles. The molecule has 0 bridgehead atoms. The topological polar surface area (TPSA) is 60.9 Å². The van der Waals surface area contributed by atoms with Crippen molar-refractivity contribution < 1.29 is 14.4 Å². The number of nitrogens with zero attached hydrogens (tertiary/aromatic N) is 3.